The van der Waals surface area contributed by atoms with E-state index in [4.69, 9.17) is 4.74 Å². The first-order valence-corrected chi connectivity index (χ1v) is 4.09. The molecule has 0 heterocycles. The Bertz CT molecular complexity index is 272. The lowest BCUT2D eigenvalue weighted by atomic mass is 10.0. The number of allylic oxidation sites excluding steroid dienone is 3. The van der Waals surface area contributed by atoms with Crippen LogP contribution >= 0.6 is 0 Å². The summed E-state index contributed by atoms with van der Waals surface area (Å²) < 4.78 is 5.04. The predicted molar refractivity (Wildman–Crippen MR) is 47.4 cm³/mol. The Hall–Kier alpha value is -1.05. The molecular formula is C10H14O2. The molecule has 1 atom stereocenters. The topological polar surface area (TPSA) is 26.3 Å². The third-order valence-electron chi connectivity index (χ3n) is 2.32. The smallest absolute Gasteiger partial charge is 0.307 e. The van der Waals surface area contributed by atoms with Crippen LogP contribution in [0.3, 0.4) is 0 Å². The molecule has 0 saturated carbocycles. The van der Waals surface area contributed by atoms with E-state index in [1.54, 1.807) is 0 Å². The van der Waals surface area contributed by atoms with Crippen molar-refractivity contribution in [3.63, 3.8) is 0 Å². The van der Waals surface area contributed by atoms with Gasteiger partial charge in [-0.05, 0) is 25.5 Å². The van der Waals surface area contributed by atoms with Gasteiger partial charge >= 0.3 is 5.97 Å². The molecule has 1 rings (SSSR count). The van der Waals surface area contributed by atoms with Gasteiger partial charge in [0.2, 0.25) is 0 Å². The highest BCUT2D eigenvalue weighted by Crippen LogP contribution is 2.31. The van der Waals surface area contributed by atoms with E-state index in [1.807, 2.05) is 19.9 Å². The maximum atomic E-state index is 10.7. The molecule has 2 nitrogen and oxygen atoms in total. The van der Waals surface area contributed by atoms with Crippen LogP contribution in [0.5, 0.6) is 0 Å². The minimum atomic E-state index is -0.240. The van der Waals surface area contributed by atoms with Crippen molar-refractivity contribution in [3.8, 4) is 0 Å². The summed E-state index contributed by atoms with van der Waals surface area (Å²) in [6, 6.07) is 0. The van der Waals surface area contributed by atoms with Crippen molar-refractivity contribution < 1.29 is 9.53 Å². The maximum Gasteiger partial charge on any atom is 0.307 e. The summed E-state index contributed by atoms with van der Waals surface area (Å²) in [4.78, 5) is 10.7. The first kappa shape index (κ1) is 9.04. The molecule has 0 fully saturated rings. The summed E-state index contributed by atoms with van der Waals surface area (Å²) in [6.45, 7) is 7.56. The molecule has 2 heteroatoms. The molecule has 0 spiro atoms. The highest BCUT2D eigenvalue weighted by atomic mass is 16.5. The van der Waals surface area contributed by atoms with Crippen LogP contribution in [0.2, 0.25) is 0 Å². The monoisotopic (exact) mass is 166 g/mol. The van der Waals surface area contributed by atoms with Crippen LogP contribution in [-0.4, -0.2) is 5.97 Å². The molecular weight excluding hydrogens is 152 g/mol. The minimum Gasteiger partial charge on any atom is -0.431 e. The molecule has 0 aromatic heterocycles. The molecule has 66 valence electrons. The number of carbonyl (C=O) groups excluding carboxylic acids is 1. The molecule has 0 amide bonds. The Morgan fingerprint density at radius 3 is 2.42 bits per heavy atom. The van der Waals surface area contributed by atoms with Crippen molar-refractivity contribution in [3.05, 3.63) is 23.0 Å². The number of esters is 1. The van der Waals surface area contributed by atoms with Crippen LogP contribution in [0.4, 0.5) is 0 Å². The quantitative estimate of drug-likeness (QED) is 0.559. The van der Waals surface area contributed by atoms with Gasteiger partial charge in [-0.25, -0.2) is 0 Å². The van der Waals surface area contributed by atoms with E-state index in [0.29, 0.717) is 0 Å². The van der Waals surface area contributed by atoms with Crippen molar-refractivity contribution in [2.45, 2.75) is 27.7 Å². The molecule has 0 aromatic carbocycles. The Labute approximate surface area is 72.9 Å². The summed E-state index contributed by atoms with van der Waals surface area (Å²) in [6.07, 6.45) is 1.93. The maximum absolute atomic E-state index is 10.7. The highest BCUT2D eigenvalue weighted by Gasteiger charge is 2.21. The molecule has 0 aliphatic heterocycles. The fourth-order valence-corrected chi connectivity index (χ4v) is 1.29. The van der Waals surface area contributed by atoms with E-state index in [9.17, 15) is 4.79 Å². The van der Waals surface area contributed by atoms with Gasteiger partial charge in [-0.3, -0.25) is 4.79 Å². The molecule has 0 saturated heterocycles. The summed E-state index contributed by atoms with van der Waals surface area (Å²) in [5.41, 5.74) is 2.49. The third kappa shape index (κ3) is 1.58. The third-order valence-corrected chi connectivity index (χ3v) is 2.32. The molecule has 12 heavy (non-hydrogen) atoms. The minimum absolute atomic E-state index is 0.240. The van der Waals surface area contributed by atoms with E-state index < -0.39 is 0 Å². The average molecular weight is 166 g/mol. The van der Waals surface area contributed by atoms with Crippen molar-refractivity contribution in [2.75, 3.05) is 0 Å². The zero-order valence-electron chi connectivity index (χ0n) is 7.97. The number of hydrogen-bond acceptors (Lipinski definition) is 2. The predicted octanol–water partition coefficient (Wildman–Crippen LogP) is 2.42. The summed E-state index contributed by atoms with van der Waals surface area (Å²) in [5, 5.41) is 0. The molecule has 1 aliphatic rings. The summed E-state index contributed by atoms with van der Waals surface area (Å²) >= 11 is 0. The van der Waals surface area contributed by atoms with Crippen molar-refractivity contribution in [2.24, 2.45) is 5.92 Å². The normalized spacial score (nSPS) is 22.7. The largest absolute Gasteiger partial charge is 0.431 e. The average Bonchev–Trinajstić information content (AvgIpc) is 2.17. The van der Waals surface area contributed by atoms with Gasteiger partial charge in [-0.1, -0.05) is 12.5 Å². The molecule has 0 bridgehead atoms. The lowest BCUT2D eigenvalue weighted by molar-refractivity contribution is -0.137. The fourth-order valence-electron chi connectivity index (χ4n) is 1.29. The van der Waals surface area contributed by atoms with Crippen LogP contribution in [-0.2, 0) is 9.53 Å². The number of hydrogen-bond donors (Lipinski definition) is 0. The number of carbonyl (C=O) groups is 1. The second-order valence-corrected chi connectivity index (χ2v) is 3.23. The fraction of sp³-hybridized carbons (Fsp3) is 0.500. The van der Waals surface area contributed by atoms with E-state index in [-0.39, 0.29) is 11.9 Å². The van der Waals surface area contributed by atoms with Crippen molar-refractivity contribution in [1.82, 2.24) is 0 Å². The van der Waals surface area contributed by atoms with Crippen LogP contribution < -0.4 is 0 Å². The van der Waals surface area contributed by atoms with Gasteiger partial charge in [-0.15, -0.1) is 0 Å². The first-order valence-electron chi connectivity index (χ1n) is 4.09. The van der Waals surface area contributed by atoms with E-state index >= 15 is 0 Å². The van der Waals surface area contributed by atoms with Gasteiger partial charge in [-0.2, -0.15) is 0 Å². The Morgan fingerprint density at radius 1 is 1.50 bits per heavy atom. The molecule has 0 aromatic rings. The van der Waals surface area contributed by atoms with Crippen LogP contribution in [0, 0.1) is 5.92 Å². The lowest BCUT2D eigenvalue weighted by Crippen LogP contribution is -2.04. The second kappa shape index (κ2) is 3.13. The zero-order valence-corrected chi connectivity index (χ0v) is 7.97. The number of rotatable bonds is 1. The SMILES string of the molecule is CC(=O)OC1=CC(C)=C(C)C1C. The van der Waals surface area contributed by atoms with Crippen LogP contribution in [0.1, 0.15) is 27.7 Å². The summed E-state index contributed by atoms with van der Waals surface area (Å²) in [7, 11) is 0. The Morgan fingerprint density at radius 2 is 2.08 bits per heavy atom. The van der Waals surface area contributed by atoms with Gasteiger partial charge in [0.05, 0.1) is 0 Å². The van der Waals surface area contributed by atoms with Gasteiger partial charge < -0.3 is 4.74 Å². The van der Waals surface area contributed by atoms with E-state index in [0.717, 1.165) is 5.76 Å². The van der Waals surface area contributed by atoms with Crippen LogP contribution in [0.25, 0.3) is 0 Å². The van der Waals surface area contributed by atoms with Gasteiger partial charge in [0.15, 0.2) is 0 Å². The Kier molecular flexibility index (Phi) is 2.36. The van der Waals surface area contributed by atoms with Crippen molar-refractivity contribution >= 4 is 5.97 Å². The van der Waals surface area contributed by atoms with Gasteiger partial charge in [0.25, 0.3) is 0 Å². The second-order valence-electron chi connectivity index (χ2n) is 3.23. The standard InChI is InChI=1S/C10H14O2/c1-6-5-10(12-9(4)11)8(3)7(6)2/h5,8H,1-4H3. The van der Waals surface area contributed by atoms with Crippen molar-refractivity contribution in [1.29, 1.82) is 0 Å². The lowest BCUT2D eigenvalue weighted by Gasteiger charge is -2.09. The molecule has 1 aliphatic carbocycles. The summed E-state index contributed by atoms with van der Waals surface area (Å²) in [5.74, 6) is 0.794. The molecule has 1 unspecified atom stereocenters. The zero-order chi connectivity index (χ0) is 9.30. The molecule has 0 radical (unpaired) electrons. The Balaban J connectivity index is 2.75. The highest BCUT2D eigenvalue weighted by molar-refractivity contribution is 5.68. The van der Waals surface area contributed by atoms with Gasteiger partial charge in [0, 0.05) is 12.8 Å². The first-order chi connectivity index (χ1) is 5.52. The molecule has 0 N–H and O–H groups in total. The van der Waals surface area contributed by atoms with Crippen LogP contribution in [0.15, 0.2) is 23.0 Å². The number of ether oxygens (including phenoxy) is 1. The van der Waals surface area contributed by atoms with E-state index in [1.165, 1.54) is 18.1 Å². The van der Waals surface area contributed by atoms with E-state index in [2.05, 4.69) is 6.92 Å². The van der Waals surface area contributed by atoms with Gasteiger partial charge in [0.1, 0.15) is 5.76 Å².